The fraction of sp³-hybridized carbons (Fsp3) is 0.429. The van der Waals surface area contributed by atoms with E-state index in [1.807, 2.05) is 0 Å². The van der Waals surface area contributed by atoms with Gasteiger partial charge in [0.1, 0.15) is 6.04 Å². The van der Waals surface area contributed by atoms with Crippen molar-refractivity contribution >= 4 is 27.6 Å². The number of aryl methyl sites for hydroxylation is 1. The quantitative estimate of drug-likeness (QED) is 0.856. The lowest BCUT2D eigenvalue weighted by atomic mass is 10.0. The van der Waals surface area contributed by atoms with E-state index in [-0.39, 0.29) is 17.3 Å². The van der Waals surface area contributed by atoms with Crippen molar-refractivity contribution in [3.05, 3.63) is 23.8 Å². The Morgan fingerprint density at radius 3 is 2.82 bits per heavy atom. The number of hydrogen-bond acceptors (Lipinski definition) is 4. The molecule has 1 fully saturated rings. The summed E-state index contributed by atoms with van der Waals surface area (Å²) < 4.78 is 26.4. The molecule has 2 aliphatic rings. The maximum absolute atomic E-state index is 12.7. The van der Waals surface area contributed by atoms with Crippen LogP contribution in [0.2, 0.25) is 0 Å². The second kappa shape index (κ2) is 5.36. The van der Waals surface area contributed by atoms with Crippen LogP contribution in [0.5, 0.6) is 0 Å². The SMILES string of the molecule is O=C1CCc2cc(S(=O)(=O)N3CCC[C@H]3C(=O)O)ccc2N1. The number of carboxylic acids is 1. The highest BCUT2D eigenvalue weighted by Gasteiger charge is 2.39. The molecule has 2 N–H and O–H groups in total. The summed E-state index contributed by atoms with van der Waals surface area (Å²) in [6.45, 7) is 0.215. The van der Waals surface area contributed by atoms with Crippen LogP contribution in [-0.2, 0) is 26.0 Å². The van der Waals surface area contributed by atoms with Gasteiger partial charge in [0, 0.05) is 18.7 Å². The average Bonchev–Trinajstić information content (AvgIpc) is 2.97. The van der Waals surface area contributed by atoms with Crippen LogP contribution in [0.15, 0.2) is 23.1 Å². The summed E-state index contributed by atoms with van der Waals surface area (Å²) in [5.74, 6) is -1.21. The Bertz CT molecular complexity index is 744. The molecular weight excluding hydrogens is 308 g/mol. The third-order valence-electron chi connectivity index (χ3n) is 4.07. The van der Waals surface area contributed by atoms with E-state index in [2.05, 4.69) is 5.32 Å². The van der Waals surface area contributed by atoms with Gasteiger partial charge in [0.25, 0.3) is 0 Å². The monoisotopic (exact) mass is 324 g/mol. The number of sulfonamides is 1. The number of anilines is 1. The van der Waals surface area contributed by atoms with Gasteiger partial charge in [-0.2, -0.15) is 4.31 Å². The van der Waals surface area contributed by atoms with Crippen LogP contribution in [0.4, 0.5) is 5.69 Å². The maximum Gasteiger partial charge on any atom is 0.322 e. The van der Waals surface area contributed by atoms with Crippen molar-refractivity contribution in [2.45, 2.75) is 36.6 Å². The highest BCUT2D eigenvalue weighted by molar-refractivity contribution is 7.89. The van der Waals surface area contributed by atoms with Crippen molar-refractivity contribution in [2.24, 2.45) is 0 Å². The number of carboxylic acid groups (broad SMARTS) is 1. The molecule has 1 aromatic rings. The number of benzene rings is 1. The third kappa shape index (κ3) is 2.48. The van der Waals surface area contributed by atoms with Crippen LogP contribution in [0.3, 0.4) is 0 Å². The predicted molar refractivity (Wildman–Crippen MR) is 77.9 cm³/mol. The Hall–Kier alpha value is -1.93. The molecule has 0 bridgehead atoms. The Kier molecular flexibility index (Phi) is 3.65. The first kappa shape index (κ1) is 15.0. The van der Waals surface area contributed by atoms with E-state index in [1.165, 1.54) is 12.1 Å². The summed E-state index contributed by atoms with van der Waals surface area (Å²) >= 11 is 0. The zero-order valence-electron chi connectivity index (χ0n) is 11.8. The van der Waals surface area contributed by atoms with Gasteiger partial charge in [-0.05, 0) is 43.0 Å². The minimum atomic E-state index is -3.84. The van der Waals surface area contributed by atoms with Crippen LogP contribution in [0, 0.1) is 0 Å². The molecule has 22 heavy (non-hydrogen) atoms. The fourth-order valence-corrected chi connectivity index (χ4v) is 4.63. The number of nitrogens with one attached hydrogen (secondary N) is 1. The van der Waals surface area contributed by atoms with Crippen LogP contribution in [-0.4, -0.2) is 42.3 Å². The molecule has 3 rings (SSSR count). The first-order chi connectivity index (χ1) is 10.4. The molecule has 0 aliphatic carbocycles. The number of fused-ring (bicyclic) bond motifs is 1. The van der Waals surface area contributed by atoms with Crippen molar-refractivity contribution in [1.29, 1.82) is 0 Å². The molecule has 2 aliphatic heterocycles. The Morgan fingerprint density at radius 2 is 2.09 bits per heavy atom. The van der Waals surface area contributed by atoms with Gasteiger partial charge in [0.15, 0.2) is 0 Å². The zero-order valence-corrected chi connectivity index (χ0v) is 12.6. The Morgan fingerprint density at radius 1 is 1.32 bits per heavy atom. The summed E-state index contributed by atoms with van der Waals surface area (Å²) in [5, 5.41) is 11.9. The van der Waals surface area contributed by atoms with Gasteiger partial charge >= 0.3 is 5.97 Å². The lowest BCUT2D eigenvalue weighted by molar-refractivity contribution is -0.140. The van der Waals surface area contributed by atoms with E-state index in [4.69, 9.17) is 5.11 Å². The molecule has 7 nitrogen and oxygen atoms in total. The van der Waals surface area contributed by atoms with Gasteiger partial charge in [0.05, 0.1) is 4.90 Å². The summed E-state index contributed by atoms with van der Waals surface area (Å²) in [6, 6.07) is 3.50. The standard InChI is InChI=1S/C14H16N2O5S/c17-13-6-3-9-8-10(4-5-11(9)15-13)22(20,21)16-7-1-2-12(16)14(18)19/h4-5,8,12H,1-3,6-7H2,(H,15,17)(H,18,19)/t12-/m0/s1. The highest BCUT2D eigenvalue weighted by Crippen LogP contribution is 2.30. The van der Waals surface area contributed by atoms with Gasteiger partial charge < -0.3 is 10.4 Å². The van der Waals surface area contributed by atoms with E-state index in [0.29, 0.717) is 31.4 Å². The topological polar surface area (TPSA) is 104 Å². The molecule has 1 saturated heterocycles. The van der Waals surface area contributed by atoms with Gasteiger partial charge in [0.2, 0.25) is 15.9 Å². The zero-order chi connectivity index (χ0) is 15.9. The molecule has 1 amide bonds. The van der Waals surface area contributed by atoms with Crippen LogP contribution in [0.1, 0.15) is 24.8 Å². The molecule has 0 aromatic heterocycles. The number of carbonyl (C=O) groups excluding carboxylic acids is 1. The number of nitrogens with zero attached hydrogens (tertiary/aromatic N) is 1. The van der Waals surface area contributed by atoms with Crippen LogP contribution < -0.4 is 5.32 Å². The number of rotatable bonds is 3. The minimum Gasteiger partial charge on any atom is -0.480 e. The lowest BCUT2D eigenvalue weighted by Crippen LogP contribution is -2.40. The summed E-state index contributed by atoms with van der Waals surface area (Å²) in [6.07, 6.45) is 1.66. The maximum atomic E-state index is 12.7. The van der Waals surface area contributed by atoms with E-state index in [1.54, 1.807) is 6.07 Å². The fourth-order valence-electron chi connectivity index (χ4n) is 2.93. The summed E-state index contributed by atoms with van der Waals surface area (Å²) in [7, 11) is -3.84. The molecule has 1 aromatic carbocycles. The first-order valence-corrected chi connectivity index (χ1v) is 8.51. The van der Waals surface area contributed by atoms with Crippen LogP contribution in [0.25, 0.3) is 0 Å². The first-order valence-electron chi connectivity index (χ1n) is 7.07. The van der Waals surface area contributed by atoms with E-state index >= 15 is 0 Å². The van der Waals surface area contributed by atoms with Gasteiger partial charge in [-0.15, -0.1) is 0 Å². The number of aliphatic carboxylic acids is 1. The Balaban J connectivity index is 1.96. The van der Waals surface area contributed by atoms with Crippen molar-refractivity contribution in [2.75, 3.05) is 11.9 Å². The van der Waals surface area contributed by atoms with Crippen molar-refractivity contribution in [3.63, 3.8) is 0 Å². The van der Waals surface area contributed by atoms with Crippen molar-refractivity contribution in [1.82, 2.24) is 4.31 Å². The molecule has 0 radical (unpaired) electrons. The number of hydrogen-bond donors (Lipinski definition) is 2. The van der Waals surface area contributed by atoms with Gasteiger partial charge in [-0.25, -0.2) is 8.42 Å². The van der Waals surface area contributed by atoms with Crippen molar-refractivity contribution in [3.8, 4) is 0 Å². The Labute approximate surface area is 128 Å². The predicted octanol–water partition coefficient (Wildman–Crippen LogP) is 0.809. The van der Waals surface area contributed by atoms with Crippen molar-refractivity contribution < 1.29 is 23.1 Å². The molecule has 1 atom stereocenters. The largest absolute Gasteiger partial charge is 0.480 e. The molecule has 118 valence electrons. The minimum absolute atomic E-state index is 0.0792. The number of carbonyl (C=O) groups is 2. The van der Waals surface area contributed by atoms with Gasteiger partial charge in [-0.3, -0.25) is 9.59 Å². The molecular formula is C14H16N2O5S. The second-order valence-electron chi connectivity index (χ2n) is 5.48. The average molecular weight is 324 g/mol. The second-order valence-corrected chi connectivity index (χ2v) is 7.37. The van der Waals surface area contributed by atoms with E-state index in [0.717, 1.165) is 9.87 Å². The highest BCUT2D eigenvalue weighted by atomic mass is 32.2. The lowest BCUT2D eigenvalue weighted by Gasteiger charge is -2.23. The van der Waals surface area contributed by atoms with E-state index < -0.39 is 22.0 Å². The summed E-state index contributed by atoms with van der Waals surface area (Å²) in [5.41, 5.74) is 1.37. The molecule has 8 heteroatoms. The smallest absolute Gasteiger partial charge is 0.322 e. The van der Waals surface area contributed by atoms with E-state index in [9.17, 15) is 18.0 Å². The van der Waals surface area contributed by atoms with Gasteiger partial charge in [-0.1, -0.05) is 0 Å². The summed E-state index contributed by atoms with van der Waals surface area (Å²) in [4.78, 5) is 22.6. The molecule has 0 spiro atoms. The molecule has 0 saturated carbocycles. The normalized spacial score (nSPS) is 22.2. The molecule has 0 unspecified atom stereocenters. The van der Waals surface area contributed by atoms with Crippen LogP contribution >= 0.6 is 0 Å². The molecule has 2 heterocycles. The number of amides is 1. The third-order valence-corrected chi connectivity index (χ3v) is 5.97.